The third-order valence-electron chi connectivity index (χ3n) is 21.2. The van der Waals surface area contributed by atoms with Crippen LogP contribution in [0.3, 0.4) is 0 Å². The number of carbonyl (C=O) groups excluding carboxylic acids is 2. The van der Waals surface area contributed by atoms with Crippen LogP contribution in [0.1, 0.15) is 122 Å². The van der Waals surface area contributed by atoms with Gasteiger partial charge in [0.1, 0.15) is 23.3 Å². The van der Waals surface area contributed by atoms with Crippen molar-refractivity contribution >= 4 is 108 Å². The first-order valence-electron chi connectivity index (χ1n) is 36.2. The predicted molar refractivity (Wildman–Crippen MR) is 410 cm³/mol. The number of hydrogen-bond acceptors (Lipinski definition) is 10. The molecule has 6 N–H and O–H groups in total. The second-order valence-electron chi connectivity index (χ2n) is 28.0. The van der Waals surface area contributed by atoms with Gasteiger partial charge in [-0.2, -0.15) is 26.6 Å². The lowest BCUT2D eigenvalue weighted by molar-refractivity contribution is -0.128. The van der Waals surface area contributed by atoms with E-state index in [1.54, 1.807) is 41.1 Å². The third kappa shape index (κ3) is 18.2. The number of hydrogen-bond donors (Lipinski definition) is 6. The number of rotatable bonds is 12. The highest BCUT2D eigenvalue weighted by Gasteiger charge is 2.36. The fourth-order valence-electron chi connectivity index (χ4n) is 15.4. The summed E-state index contributed by atoms with van der Waals surface area (Å²) in [6.07, 6.45) is 24.2. The van der Waals surface area contributed by atoms with E-state index >= 15 is 0 Å². The smallest absolute Gasteiger partial charge is 0.317 e. The minimum absolute atomic E-state index is 0.0226. The van der Waals surface area contributed by atoms with E-state index in [1.165, 1.54) is 71.8 Å². The monoisotopic (exact) mass is 1530 g/mol. The van der Waals surface area contributed by atoms with Gasteiger partial charge in [-0.25, -0.2) is 43.5 Å². The lowest BCUT2D eigenvalue weighted by atomic mass is 9.89. The first-order chi connectivity index (χ1) is 51.4. The molecule has 0 bridgehead atoms. The number of likely N-dealkylation sites (tertiary alicyclic amines) is 1. The molecule has 11 heterocycles. The number of nitriles is 1. The van der Waals surface area contributed by atoms with Crippen LogP contribution < -0.4 is 5.32 Å². The van der Waals surface area contributed by atoms with Crippen LogP contribution >= 0.6 is 0 Å². The van der Waals surface area contributed by atoms with Crippen molar-refractivity contribution in [3.63, 3.8) is 0 Å². The number of methoxy groups -OCH3 is 1. The molecule has 0 aliphatic carbocycles. The van der Waals surface area contributed by atoms with Crippen LogP contribution in [0.25, 0.3) is 65.7 Å². The summed E-state index contributed by atoms with van der Waals surface area (Å²) in [4.78, 5) is 42.8. The number of ether oxygens (including phenoxy) is 1. The normalized spacial score (nSPS) is 17.9. The molecule has 29 heteroatoms. The number of para-hydroxylation sites is 2. The Kier molecular flexibility index (Phi) is 24.6. The molecule has 568 valence electrons. The summed E-state index contributed by atoms with van der Waals surface area (Å²) < 4.78 is 137. The van der Waals surface area contributed by atoms with Crippen molar-refractivity contribution in [1.82, 2.24) is 57.3 Å². The summed E-state index contributed by atoms with van der Waals surface area (Å²) >= 11 is 0. The van der Waals surface area contributed by atoms with Crippen molar-refractivity contribution in [2.24, 2.45) is 0 Å². The maximum absolute atomic E-state index is 14.0. The number of amides is 3. The molecular weight excluding hydrogens is 1440 g/mol. The van der Waals surface area contributed by atoms with Gasteiger partial charge >= 0.3 is 6.03 Å². The Labute approximate surface area is 621 Å². The van der Waals surface area contributed by atoms with Crippen LogP contribution in [0.4, 0.5) is 22.4 Å². The maximum atomic E-state index is 14.0. The molecule has 4 fully saturated rings. The second kappa shape index (κ2) is 34.0. The molecule has 5 aromatic heterocycles. The number of nitrogens with zero attached hydrogens (tertiary/aromatic N) is 7. The second-order valence-corrected chi connectivity index (χ2v) is 33.9. The first-order valence-corrected chi connectivity index (χ1v) is 41.3. The van der Waals surface area contributed by atoms with Gasteiger partial charge in [-0.1, -0.05) is 54.6 Å². The van der Waals surface area contributed by atoms with E-state index in [0.29, 0.717) is 130 Å². The summed E-state index contributed by atoms with van der Waals surface area (Å²) in [5.41, 5.74) is 12.3. The van der Waals surface area contributed by atoms with Crippen LogP contribution in [-0.2, 0) is 39.8 Å². The van der Waals surface area contributed by atoms with E-state index in [9.17, 15) is 52.4 Å². The topological polar surface area (TPSA) is 280 Å². The van der Waals surface area contributed by atoms with Crippen molar-refractivity contribution in [1.29, 1.82) is 5.26 Å². The van der Waals surface area contributed by atoms with E-state index in [1.807, 2.05) is 40.3 Å². The summed E-state index contributed by atoms with van der Waals surface area (Å²) in [5.74, 6) is -1.26. The quantitative estimate of drug-likeness (QED) is 0.0497. The highest BCUT2D eigenvalue weighted by Crippen LogP contribution is 2.39. The first kappa shape index (κ1) is 77.5. The van der Waals surface area contributed by atoms with Crippen LogP contribution in [0.15, 0.2) is 134 Å². The Hall–Kier alpha value is -9.12. The Morgan fingerprint density at radius 1 is 0.514 bits per heavy atom. The molecule has 6 aliphatic rings. The average Bonchev–Trinajstić information content (AvgIpc) is 1.18. The van der Waals surface area contributed by atoms with Crippen LogP contribution in [0.2, 0.25) is 0 Å². The molecule has 3 amide bonds. The molecule has 0 atom stereocenters. The maximum Gasteiger partial charge on any atom is 0.317 e. The number of aromatic nitrogens is 5. The Bertz CT molecular complexity index is 5310. The van der Waals surface area contributed by atoms with Gasteiger partial charge in [0.15, 0.2) is 0 Å². The van der Waals surface area contributed by atoms with Crippen LogP contribution in [0.5, 0.6) is 0 Å². The minimum atomic E-state index is -3.24. The molecule has 107 heavy (non-hydrogen) atoms. The number of urea groups is 1. The highest BCUT2D eigenvalue weighted by atomic mass is 32.2. The van der Waals surface area contributed by atoms with Gasteiger partial charge < -0.3 is 44.8 Å². The number of H-pyrrole nitrogens is 5. The van der Waals surface area contributed by atoms with Crippen LogP contribution in [-0.4, -0.2) is 200 Å². The summed E-state index contributed by atoms with van der Waals surface area (Å²) in [6, 6.07) is 28.9. The zero-order valence-corrected chi connectivity index (χ0v) is 62.9. The molecule has 16 rings (SSSR count). The number of halogens is 4. The molecule has 0 unspecified atom stereocenters. The lowest BCUT2D eigenvalue weighted by Crippen LogP contribution is -2.45. The zero-order chi connectivity index (χ0) is 75.7. The van der Waals surface area contributed by atoms with Gasteiger partial charge in [0.2, 0.25) is 26.0 Å². The Morgan fingerprint density at radius 3 is 1.55 bits per heavy atom. The molecule has 0 radical (unpaired) electrons. The predicted octanol–water partition coefficient (Wildman–Crippen LogP) is 13.1. The van der Waals surface area contributed by atoms with Gasteiger partial charge in [0.05, 0.1) is 41.8 Å². The third-order valence-corrected chi connectivity index (χ3v) is 25.9. The molecule has 0 saturated carbocycles. The number of nitrogens with one attached hydrogen (secondary N) is 6. The Balaban J connectivity index is 0.000000125. The average molecular weight is 1530 g/mol. The SMILES string of the molecule is CC(=O)N1CC=C(c2c[nH]c3cc(C#N)ccc23)CC1.COCCNC(=O)N1CCC(c2c[nH]c3ccccc23)CC1.CS(=O)(=O)N1CC=C(c2c[nH]c3cc(F)cc(F)c23)CC1.CS(=O)(=O)N1CCC(c2c[nH]c3cc(F)cc(F)c23)CC1.O=S(=O)(N1CCCC1)N1CCC(c2c[nH]c3ccccc23)CC1. The van der Waals surface area contributed by atoms with Crippen molar-refractivity contribution in [3.05, 3.63) is 191 Å². The number of sulfonamides is 2. The summed E-state index contributed by atoms with van der Waals surface area (Å²) in [5, 5.41) is 16.3. The van der Waals surface area contributed by atoms with Gasteiger partial charge in [-0.15, -0.1) is 0 Å². The standard InChI is InChI=1S/C17H23N3O2S.C17H23N3O2.C16H15N3O.C14H16F2N2O2S.C14H14F2N2O2S/c21-23(22,19-9-3-4-10-19)20-11-7-14(8-12-20)16-13-18-17-6-2-1-5-15(16)17;1-22-11-8-18-17(21)20-9-6-13(7-10-20)15-12-19-16-5-3-2-4-14(15)16;1-11(20)19-6-4-13(5-7-19)15-10-18-16-8-12(9-17)2-3-14(15)16;2*1-21(19,20)18-4-2-9(3-5-18)11-8-17-13-7-10(15)6-12(16)14(11)13/h1-2,5-6,13-14,18H,3-4,7-12H2;2-5,12-13,19H,6-11H2,1H3,(H,18,21);2-4,8,10,18H,5-7H2,1H3;6-9,17H,2-5H2,1H3;2,6-8,17H,3-5H2,1H3. The summed E-state index contributed by atoms with van der Waals surface area (Å²) in [6.45, 7) is 9.90. The Morgan fingerprint density at radius 2 is 1.00 bits per heavy atom. The van der Waals surface area contributed by atoms with Crippen molar-refractivity contribution in [2.45, 2.75) is 88.9 Å². The molecule has 4 saturated heterocycles. The zero-order valence-electron chi connectivity index (χ0n) is 60.4. The van der Waals surface area contributed by atoms with E-state index < -0.39 is 53.5 Å². The van der Waals surface area contributed by atoms with Crippen molar-refractivity contribution < 1.29 is 57.1 Å². The molecule has 6 aliphatic heterocycles. The largest absolute Gasteiger partial charge is 0.383 e. The molecule has 0 spiro atoms. The van der Waals surface area contributed by atoms with E-state index in [-0.39, 0.29) is 24.4 Å². The molecule has 10 aromatic rings. The van der Waals surface area contributed by atoms with E-state index in [0.717, 1.165) is 104 Å². The van der Waals surface area contributed by atoms with E-state index in [4.69, 9.17) is 10.00 Å². The molecule has 22 nitrogen and oxygen atoms in total. The molecule has 5 aromatic carbocycles. The van der Waals surface area contributed by atoms with Gasteiger partial charge in [-0.05, 0) is 146 Å². The lowest BCUT2D eigenvalue weighted by Gasteiger charge is -2.33. The molecular formula is C78H91F4N13O9S3. The van der Waals surface area contributed by atoms with Crippen LogP contribution in [0, 0.1) is 34.6 Å². The van der Waals surface area contributed by atoms with E-state index in [2.05, 4.69) is 97.2 Å². The van der Waals surface area contributed by atoms with Gasteiger partial charge in [0, 0.05) is 197 Å². The fourth-order valence-corrected chi connectivity index (χ4v) is 18.8. The van der Waals surface area contributed by atoms with Gasteiger partial charge in [0.25, 0.3) is 10.2 Å². The summed E-state index contributed by atoms with van der Waals surface area (Å²) in [7, 11) is -7.99. The van der Waals surface area contributed by atoms with Crippen molar-refractivity contribution in [2.75, 3.05) is 111 Å². The fraction of sp³-hybridized carbons (Fsp3) is 0.397. The highest BCUT2D eigenvalue weighted by molar-refractivity contribution is 7.88. The minimum Gasteiger partial charge on any atom is -0.383 e. The number of piperidine rings is 3. The van der Waals surface area contributed by atoms with Gasteiger partial charge in [-0.3, -0.25) is 4.79 Å². The number of benzene rings is 5. The van der Waals surface area contributed by atoms with Crippen molar-refractivity contribution in [3.8, 4) is 6.07 Å². The number of aromatic amines is 5. The number of carbonyl (C=O) groups is 2. The number of fused-ring (bicyclic) bond motifs is 5.